The van der Waals surface area contributed by atoms with Crippen LogP contribution in [-0.2, 0) is 4.74 Å². The van der Waals surface area contributed by atoms with Gasteiger partial charge < -0.3 is 14.4 Å². The van der Waals surface area contributed by atoms with Crippen molar-refractivity contribution in [2.75, 3.05) is 38.7 Å². The Morgan fingerprint density at radius 3 is 2.47 bits per heavy atom. The number of hydrogen-bond donors (Lipinski definition) is 1. The van der Waals surface area contributed by atoms with E-state index in [2.05, 4.69) is 33.4 Å². The van der Waals surface area contributed by atoms with E-state index in [9.17, 15) is 4.79 Å². The van der Waals surface area contributed by atoms with E-state index >= 15 is 0 Å². The largest absolute Gasteiger partial charge is 0.496 e. The van der Waals surface area contributed by atoms with E-state index in [-0.39, 0.29) is 5.91 Å². The fourth-order valence-corrected chi connectivity index (χ4v) is 5.65. The number of aromatic nitrogens is 1. The average molecular weight is 478 g/mol. The first-order valence-electron chi connectivity index (χ1n) is 12.0. The molecule has 2 aliphatic heterocycles. The van der Waals surface area contributed by atoms with Gasteiger partial charge in [-0.3, -0.25) is 10.1 Å². The summed E-state index contributed by atoms with van der Waals surface area (Å²) in [7, 11) is 1.76. The molecule has 1 N–H and O–H groups in total. The molecule has 178 valence electrons. The van der Waals surface area contributed by atoms with Gasteiger partial charge in [0.15, 0.2) is 5.13 Å². The number of thiazole rings is 1. The maximum Gasteiger partial charge on any atom is 0.257 e. The minimum absolute atomic E-state index is 0.145. The van der Waals surface area contributed by atoms with Crippen molar-refractivity contribution < 1.29 is 14.3 Å². The SMILES string of the molecule is COc1ccc(-c2ccc(C(=O)Nc3nccs3)cc2)cc1C1CCN(C2CCOCC2)CC1. The van der Waals surface area contributed by atoms with E-state index < -0.39 is 0 Å². The van der Waals surface area contributed by atoms with Crippen LogP contribution in [0.15, 0.2) is 54.0 Å². The van der Waals surface area contributed by atoms with Crippen LogP contribution in [0.1, 0.15) is 47.5 Å². The van der Waals surface area contributed by atoms with Crippen LogP contribution in [-0.4, -0.2) is 55.2 Å². The second-order valence-corrected chi connectivity index (χ2v) is 9.87. The summed E-state index contributed by atoms with van der Waals surface area (Å²) >= 11 is 1.41. The second kappa shape index (κ2) is 10.7. The Balaban J connectivity index is 1.29. The quantitative estimate of drug-likeness (QED) is 0.513. The van der Waals surface area contributed by atoms with Crippen LogP contribution < -0.4 is 10.1 Å². The molecule has 0 unspecified atom stereocenters. The Morgan fingerprint density at radius 2 is 1.79 bits per heavy atom. The van der Waals surface area contributed by atoms with Crippen molar-refractivity contribution in [3.8, 4) is 16.9 Å². The first kappa shape index (κ1) is 23.0. The average Bonchev–Trinajstić information content (AvgIpc) is 3.42. The van der Waals surface area contributed by atoms with Crippen molar-refractivity contribution in [3.63, 3.8) is 0 Å². The van der Waals surface area contributed by atoms with E-state index in [1.54, 1.807) is 13.3 Å². The Bertz CT molecular complexity index is 1090. The lowest BCUT2D eigenvalue weighted by Gasteiger charge is -2.39. The maximum atomic E-state index is 12.5. The third-order valence-corrected chi connectivity index (χ3v) is 7.73. The highest BCUT2D eigenvalue weighted by Crippen LogP contribution is 2.38. The second-order valence-electron chi connectivity index (χ2n) is 8.98. The van der Waals surface area contributed by atoms with Gasteiger partial charge in [0, 0.05) is 36.4 Å². The van der Waals surface area contributed by atoms with Gasteiger partial charge in [0.25, 0.3) is 5.91 Å². The highest BCUT2D eigenvalue weighted by molar-refractivity contribution is 7.13. The third kappa shape index (κ3) is 5.17. The zero-order valence-electron chi connectivity index (χ0n) is 19.5. The highest BCUT2D eigenvalue weighted by atomic mass is 32.1. The monoisotopic (exact) mass is 477 g/mol. The molecular weight excluding hydrogens is 446 g/mol. The van der Waals surface area contributed by atoms with Gasteiger partial charge in [-0.2, -0.15) is 0 Å². The van der Waals surface area contributed by atoms with Gasteiger partial charge in [-0.15, -0.1) is 11.3 Å². The number of carbonyl (C=O) groups excluding carboxylic acids is 1. The molecule has 2 fully saturated rings. The van der Waals surface area contributed by atoms with Crippen LogP contribution in [0.4, 0.5) is 5.13 Å². The number of amides is 1. The maximum absolute atomic E-state index is 12.5. The Morgan fingerprint density at radius 1 is 1.06 bits per heavy atom. The van der Waals surface area contributed by atoms with Gasteiger partial charge in [-0.1, -0.05) is 18.2 Å². The number of piperidine rings is 1. The number of carbonyl (C=O) groups is 1. The number of likely N-dealkylation sites (tertiary alicyclic amines) is 1. The molecule has 2 saturated heterocycles. The molecule has 0 saturated carbocycles. The zero-order valence-corrected chi connectivity index (χ0v) is 20.4. The summed E-state index contributed by atoms with van der Waals surface area (Å²) in [6, 6.07) is 14.9. The Hall–Kier alpha value is -2.74. The molecule has 1 amide bonds. The van der Waals surface area contributed by atoms with Crippen molar-refractivity contribution in [1.82, 2.24) is 9.88 Å². The van der Waals surface area contributed by atoms with Crippen LogP contribution in [0.3, 0.4) is 0 Å². The molecule has 3 heterocycles. The summed E-state index contributed by atoms with van der Waals surface area (Å²) in [6.45, 7) is 4.05. The lowest BCUT2D eigenvalue weighted by atomic mass is 9.86. The molecule has 0 bridgehead atoms. The summed E-state index contributed by atoms with van der Waals surface area (Å²) in [5.74, 6) is 1.32. The molecule has 1 aromatic heterocycles. The molecular formula is C27H31N3O3S. The number of hydrogen-bond acceptors (Lipinski definition) is 6. The molecule has 2 aliphatic rings. The summed E-state index contributed by atoms with van der Waals surface area (Å²) in [5.41, 5.74) is 4.15. The minimum atomic E-state index is -0.145. The molecule has 2 aromatic carbocycles. The van der Waals surface area contributed by atoms with E-state index in [1.165, 1.54) is 16.9 Å². The third-order valence-electron chi connectivity index (χ3n) is 7.04. The highest BCUT2D eigenvalue weighted by Gasteiger charge is 2.28. The number of nitrogens with one attached hydrogen (secondary N) is 1. The molecule has 6 nitrogen and oxygen atoms in total. The van der Waals surface area contributed by atoms with Crippen molar-refractivity contribution in [3.05, 3.63) is 65.2 Å². The molecule has 5 rings (SSSR count). The first-order valence-corrected chi connectivity index (χ1v) is 12.9. The fraction of sp³-hybridized carbons (Fsp3) is 0.407. The molecule has 3 aromatic rings. The van der Waals surface area contributed by atoms with Crippen molar-refractivity contribution in [2.45, 2.75) is 37.6 Å². The van der Waals surface area contributed by atoms with Gasteiger partial charge in [0.1, 0.15) is 5.75 Å². The topological polar surface area (TPSA) is 63.7 Å². The van der Waals surface area contributed by atoms with Gasteiger partial charge >= 0.3 is 0 Å². The summed E-state index contributed by atoms with van der Waals surface area (Å²) in [6.07, 6.45) is 6.28. The van der Waals surface area contributed by atoms with Crippen molar-refractivity contribution >= 4 is 22.4 Å². The lowest BCUT2D eigenvalue weighted by molar-refractivity contribution is 0.0251. The lowest BCUT2D eigenvalue weighted by Crippen LogP contribution is -2.43. The van der Waals surface area contributed by atoms with Gasteiger partial charge in [0.05, 0.1) is 7.11 Å². The summed E-state index contributed by atoms with van der Waals surface area (Å²) in [4.78, 5) is 19.2. The van der Waals surface area contributed by atoms with Crippen LogP contribution >= 0.6 is 11.3 Å². The van der Waals surface area contributed by atoms with E-state index in [1.807, 2.05) is 29.6 Å². The van der Waals surface area contributed by atoms with Gasteiger partial charge in [-0.05, 0) is 85.6 Å². The molecule has 0 spiro atoms. The number of nitrogens with zero attached hydrogens (tertiary/aromatic N) is 2. The van der Waals surface area contributed by atoms with Crippen LogP contribution in [0.2, 0.25) is 0 Å². The summed E-state index contributed by atoms with van der Waals surface area (Å²) < 4.78 is 11.3. The zero-order chi connectivity index (χ0) is 23.3. The molecule has 0 atom stereocenters. The predicted octanol–water partition coefficient (Wildman–Crippen LogP) is 5.43. The van der Waals surface area contributed by atoms with Gasteiger partial charge in [-0.25, -0.2) is 4.98 Å². The Labute approximate surface area is 204 Å². The van der Waals surface area contributed by atoms with E-state index in [0.717, 1.165) is 68.9 Å². The van der Waals surface area contributed by atoms with Crippen LogP contribution in [0, 0.1) is 0 Å². The molecule has 0 aliphatic carbocycles. The summed E-state index contributed by atoms with van der Waals surface area (Å²) in [5, 5.41) is 5.28. The van der Waals surface area contributed by atoms with E-state index in [0.29, 0.717) is 22.7 Å². The van der Waals surface area contributed by atoms with E-state index in [4.69, 9.17) is 9.47 Å². The number of ether oxygens (including phenoxy) is 2. The number of anilines is 1. The van der Waals surface area contributed by atoms with Crippen molar-refractivity contribution in [1.29, 1.82) is 0 Å². The predicted molar refractivity (Wildman–Crippen MR) is 136 cm³/mol. The minimum Gasteiger partial charge on any atom is -0.496 e. The van der Waals surface area contributed by atoms with Crippen LogP contribution in [0.25, 0.3) is 11.1 Å². The van der Waals surface area contributed by atoms with Gasteiger partial charge in [0.2, 0.25) is 0 Å². The van der Waals surface area contributed by atoms with Crippen LogP contribution in [0.5, 0.6) is 5.75 Å². The molecule has 7 heteroatoms. The smallest absolute Gasteiger partial charge is 0.257 e. The molecule has 34 heavy (non-hydrogen) atoms. The van der Waals surface area contributed by atoms with Crippen molar-refractivity contribution in [2.24, 2.45) is 0 Å². The Kier molecular flexibility index (Phi) is 7.23. The first-order chi connectivity index (χ1) is 16.7. The fourth-order valence-electron chi connectivity index (χ4n) is 5.13. The number of methoxy groups -OCH3 is 1. The normalized spacial score (nSPS) is 18.0. The number of rotatable bonds is 6. The standard InChI is InChI=1S/C27H31N3O3S/c1-32-25-7-6-22(19-2-4-21(5-3-19)26(31)29-27-28-12-17-34-27)18-24(25)20-8-13-30(14-9-20)23-10-15-33-16-11-23/h2-7,12,17-18,20,23H,8-11,13-16H2,1H3,(H,28,29,31). The number of benzene rings is 2. The molecule has 0 radical (unpaired) electrons.